The highest BCUT2D eigenvalue weighted by Gasteiger charge is 2.18. The maximum Gasteiger partial charge on any atom is 0.165 e. The number of hydrogen-bond acceptors (Lipinski definition) is 4. The van der Waals surface area contributed by atoms with Gasteiger partial charge in [0.05, 0.1) is 31.2 Å². The van der Waals surface area contributed by atoms with E-state index in [2.05, 4.69) is 26.4 Å². The molecule has 3 aromatic heterocycles. The summed E-state index contributed by atoms with van der Waals surface area (Å²) >= 11 is 0. The van der Waals surface area contributed by atoms with Gasteiger partial charge in [-0.25, -0.2) is 13.9 Å². The summed E-state index contributed by atoms with van der Waals surface area (Å²) in [5.74, 6) is 0.407. The number of alkyl halides is 1. The fraction of sp³-hybridized carbons (Fsp3) is 0.444. The Morgan fingerprint density at radius 2 is 1.94 bits per heavy atom. The molecule has 0 bridgehead atoms. The number of hydrogen-bond donors (Lipinski definition) is 1. The number of halogens is 2. The lowest BCUT2D eigenvalue weighted by Crippen LogP contribution is -2.12. The van der Waals surface area contributed by atoms with Crippen molar-refractivity contribution in [2.24, 2.45) is 0 Å². The van der Waals surface area contributed by atoms with Gasteiger partial charge < -0.3 is 5.32 Å². The van der Waals surface area contributed by atoms with Crippen molar-refractivity contribution < 1.29 is 8.78 Å². The third kappa shape index (κ3) is 5.21. The molecule has 1 aromatic carbocycles. The number of nitrogens with zero attached hydrogens (tertiary/aromatic N) is 5. The molecule has 3 heterocycles. The Morgan fingerprint density at radius 1 is 1.09 bits per heavy atom. The van der Waals surface area contributed by atoms with E-state index in [0.717, 1.165) is 40.7 Å². The maximum atomic E-state index is 14.1. The van der Waals surface area contributed by atoms with Gasteiger partial charge in [-0.3, -0.25) is 9.07 Å². The van der Waals surface area contributed by atoms with E-state index < -0.39 is 0 Å². The minimum absolute atomic E-state index is 0.165. The highest BCUT2D eigenvalue weighted by Crippen LogP contribution is 2.31. The number of benzene rings is 1. The van der Waals surface area contributed by atoms with Crippen molar-refractivity contribution >= 4 is 11.5 Å². The van der Waals surface area contributed by atoms with E-state index in [9.17, 15) is 8.78 Å². The van der Waals surface area contributed by atoms with Gasteiger partial charge in [0.25, 0.3) is 0 Å². The Hall–Kier alpha value is -3.29. The molecule has 1 aliphatic carbocycles. The SMILES string of the molecule is CC(Nc1ccn2ncc(-c3cnn(C4CCCCC4)c3)c2n1)c1cc(F)ccc1CCCCF. The first-order valence-electron chi connectivity index (χ1n) is 12.6. The quantitative estimate of drug-likeness (QED) is 0.272. The van der Waals surface area contributed by atoms with Gasteiger partial charge in [-0.2, -0.15) is 10.2 Å². The molecule has 1 N–H and O–H groups in total. The first-order valence-corrected chi connectivity index (χ1v) is 12.6. The van der Waals surface area contributed by atoms with Crippen LogP contribution in [-0.2, 0) is 6.42 Å². The van der Waals surface area contributed by atoms with Crippen LogP contribution in [0, 0.1) is 5.82 Å². The van der Waals surface area contributed by atoms with Gasteiger partial charge in [0.2, 0.25) is 0 Å². The molecule has 1 atom stereocenters. The molecule has 1 fully saturated rings. The molecular formula is C27H32F2N6. The molecule has 6 nitrogen and oxygen atoms in total. The molecule has 0 aliphatic heterocycles. The van der Waals surface area contributed by atoms with Crippen molar-refractivity contribution in [1.82, 2.24) is 24.4 Å². The topological polar surface area (TPSA) is 60.0 Å². The molecule has 0 amide bonds. The number of aryl methyl sites for hydroxylation is 1. The van der Waals surface area contributed by atoms with E-state index in [1.807, 2.05) is 31.6 Å². The normalized spacial score (nSPS) is 15.5. The largest absolute Gasteiger partial charge is 0.363 e. The molecule has 184 valence electrons. The molecule has 35 heavy (non-hydrogen) atoms. The van der Waals surface area contributed by atoms with Crippen LogP contribution < -0.4 is 5.32 Å². The molecule has 5 rings (SSSR count). The third-order valence-electron chi connectivity index (χ3n) is 7.00. The minimum Gasteiger partial charge on any atom is -0.363 e. The van der Waals surface area contributed by atoms with Crippen LogP contribution in [0.5, 0.6) is 0 Å². The van der Waals surface area contributed by atoms with Crippen LogP contribution in [0.4, 0.5) is 14.6 Å². The van der Waals surface area contributed by atoms with Crippen molar-refractivity contribution in [1.29, 1.82) is 0 Å². The van der Waals surface area contributed by atoms with Crippen LogP contribution in [-0.4, -0.2) is 31.1 Å². The summed E-state index contributed by atoms with van der Waals surface area (Å²) in [6.45, 7) is 1.66. The van der Waals surface area contributed by atoms with E-state index >= 15 is 0 Å². The molecule has 0 saturated heterocycles. The van der Waals surface area contributed by atoms with Crippen LogP contribution in [0.15, 0.2) is 49.1 Å². The van der Waals surface area contributed by atoms with Crippen molar-refractivity contribution in [2.45, 2.75) is 70.4 Å². The van der Waals surface area contributed by atoms with Crippen molar-refractivity contribution in [3.8, 4) is 11.1 Å². The first-order chi connectivity index (χ1) is 17.1. The number of anilines is 1. The highest BCUT2D eigenvalue weighted by molar-refractivity contribution is 5.76. The van der Waals surface area contributed by atoms with E-state index in [1.165, 1.54) is 38.2 Å². The molecule has 1 aliphatic rings. The standard InChI is InChI=1S/C27H32F2N6/c1-19(24-15-22(29)11-10-20(24)7-5-6-13-28)32-26-12-14-34-27(33-26)25(17-31-34)21-16-30-35(18-21)23-8-3-2-4-9-23/h10-12,14-19,23H,2-9,13H2,1H3,(H,32,33). The molecule has 8 heteroatoms. The lowest BCUT2D eigenvalue weighted by Gasteiger charge is -2.21. The van der Waals surface area contributed by atoms with Crippen LogP contribution in [0.3, 0.4) is 0 Å². The van der Waals surface area contributed by atoms with E-state index in [-0.39, 0.29) is 18.5 Å². The second kappa shape index (κ2) is 10.5. The van der Waals surface area contributed by atoms with Gasteiger partial charge >= 0.3 is 0 Å². The molecule has 1 unspecified atom stereocenters. The number of fused-ring (bicyclic) bond motifs is 1. The van der Waals surface area contributed by atoms with Crippen molar-refractivity contribution in [2.75, 3.05) is 12.0 Å². The Labute approximate surface area is 204 Å². The fourth-order valence-corrected chi connectivity index (χ4v) is 5.08. The second-order valence-corrected chi connectivity index (χ2v) is 9.50. The number of aromatic nitrogens is 5. The Morgan fingerprint density at radius 3 is 2.77 bits per heavy atom. The van der Waals surface area contributed by atoms with Gasteiger partial charge in [0, 0.05) is 23.5 Å². The molecular weight excluding hydrogens is 446 g/mol. The predicted octanol–water partition coefficient (Wildman–Crippen LogP) is 6.70. The van der Waals surface area contributed by atoms with Crippen molar-refractivity contribution in [3.63, 3.8) is 0 Å². The number of nitrogens with one attached hydrogen (secondary N) is 1. The summed E-state index contributed by atoms with van der Waals surface area (Å²) in [4.78, 5) is 4.84. The van der Waals surface area contributed by atoms with Crippen LogP contribution in [0.2, 0.25) is 0 Å². The summed E-state index contributed by atoms with van der Waals surface area (Å²) in [5.41, 5.74) is 4.58. The zero-order chi connectivity index (χ0) is 24.2. The zero-order valence-electron chi connectivity index (χ0n) is 20.1. The molecule has 0 radical (unpaired) electrons. The summed E-state index contributed by atoms with van der Waals surface area (Å²) in [5, 5.41) is 12.5. The second-order valence-electron chi connectivity index (χ2n) is 9.50. The summed E-state index contributed by atoms with van der Waals surface area (Å²) in [7, 11) is 0. The van der Waals surface area contributed by atoms with Crippen molar-refractivity contribution in [3.05, 3.63) is 66.0 Å². The monoisotopic (exact) mass is 478 g/mol. The van der Waals surface area contributed by atoms with Crippen LogP contribution >= 0.6 is 0 Å². The van der Waals surface area contributed by atoms with Gasteiger partial charge in [0.1, 0.15) is 11.6 Å². The lowest BCUT2D eigenvalue weighted by atomic mass is 9.96. The van der Waals surface area contributed by atoms with Crippen LogP contribution in [0.25, 0.3) is 16.8 Å². The minimum atomic E-state index is -0.332. The van der Waals surface area contributed by atoms with Gasteiger partial charge in [0.15, 0.2) is 5.65 Å². The van der Waals surface area contributed by atoms with Gasteiger partial charge in [-0.15, -0.1) is 0 Å². The molecule has 1 saturated carbocycles. The van der Waals surface area contributed by atoms with E-state index in [1.54, 1.807) is 16.6 Å². The summed E-state index contributed by atoms with van der Waals surface area (Å²) in [6.07, 6.45) is 15.8. The average molecular weight is 479 g/mol. The molecule has 4 aromatic rings. The Bertz CT molecular complexity index is 1270. The predicted molar refractivity (Wildman–Crippen MR) is 134 cm³/mol. The fourth-order valence-electron chi connectivity index (χ4n) is 5.08. The summed E-state index contributed by atoms with van der Waals surface area (Å²) < 4.78 is 30.5. The van der Waals surface area contributed by atoms with Gasteiger partial charge in [-0.05, 0) is 68.4 Å². The number of rotatable bonds is 9. The van der Waals surface area contributed by atoms with Gasteiger partial charge in [-0.1, -0.05) is 25.3 Å². The zero-order valence-corrected chi connectivity index (χ0v) is 20.1. The maximum absolute atomic E-state index is 14.1. The smallest absolute Gasteiger partial charge is 0.165 e. The summed E-state index contributed by atoms with van der Waals surface area (Å²) in [6, 6.07) is 7.00. The molecule has 0 spiro atoms. The number of unbranched alkanes of at least 4 members (excludes halogenated alkanes) is 1. The Kier molecular flexibility index (Phi) is 7.06. The highest BCUT2D eigenvalue weighted by atomic mass is 19.1. The van der Waals surface area contributed by atoms with Crippen LogP contribution in [0.1, 0.15) is 75.1 Å². The lowest BCUT2D eigenvalue weighted by molar-refractivity contribution is 0.329. The Balaban J connectivity index is 1.38. The third-order valence-corrected chi connectivity index (χ3v) is 7.00. The average Bonchev–Trinajstić information content (AvgIpc) is 3.52. The first kappa shape index (κ1) is 23.5. The van der Waals surface area contributed by atoms with E-state index in [0.29, 0.717) is 18.3 Å². The van der Waals surface area contributed by atoms with E-state index in [4.69, 9.17) is 4.98 Å².